The first-order valence-corrected chi connectivity index (χ1v) is 4.57. The van der Waals surface area contributed by atoms with Gasteiger partial charge in [-0.25, -0.2) is 0 Å². The van der Waals surface area contributed by atoms with Crippen molar-refractivity contribution in [1.29, 1.82) is 0 Å². The Kier molecular flexibility index (Phi) is 3.18. The topological polar surface area (TPSA) is 24.1 Å². The van der Waals surface area contributed by atoms with Crippen molar-refractivity contribution in [1.82, 2.24) is 5.32 Å². The summed E-state index contributed by atoms with van der Waals surface area (Å²) in [6, 6.07) is 4.08. The minimum atomic E-state index is 0.812. The highest BCUT2D eigenvalue weighted by Crippen LogP contribution is 2.25. The summed E-state index contributed by atoms with van der Waals surface area (Å²) in [6.07, 6.45) is 0. The zero-order chi connectivity index (χ0) is 7.40. The summed E-state index contributed by atoms with van der Waals surface area (Å²) >= 11 is 5.08. The minimum Gasteiger partial charge on any atom is -0.364 e. The zero-order valence-electron chi connectivity index (χ0n) is 5.65. The van der Waals surface area contributed by atoms with E-state index in [1.165, 1.54) is 5.00 Å². The molecule has 0 spiro atoms. The highest BCUT2D eigenvalue weighted by atomic mass is 79.9. The van der Waals surface area contributed by atoms with Crippen LogP contribution in [0.1, 0.15) is 0 Å². The zero-order valence-corrected chi connectivity index (χ0v) is 8.05. The first kappa shape index (κ1) is 8.04. The molecule has 0 aliphatic carbocycles. The molecule has 56 valence electrons. The van der Waals surface area contributed by atoms with Crippen molar-refractivity contribution in [3.05, 3.63) is 15.9 Å². The molecule has 0 amide bonds. The second-order valence-corrected chi connectivity index (χ2v) is 4.27. The van der Waals surface area contributed by atoms with E-state index in [4.69, 9.17) is 0 Å². The van der Waals surface area contributed by atoms with Gasteiger partial charge >= 0.3 is 0 Å². The molecule has 4 heteroatoms. The average molecular weight is 221 g/mol. The second-order valence-electron chi connectivity index (χ2n) is 1.81. The Morgan fingerprint density at radius 1 is 1.60 bits per heavy atom. The summed E-state index contributed by atoms with van der Waals surface area (Å²) < 4.78 is 1.16. The van der Waals surface area contributed by atoms with Gasteiger partial charge in [-0.15, -0.1) is 11.3 Å². The van der Waals surface area contributed by atoms with Gasteiger partial charge in [-0.1, -0.05) is 0 Å². The molecule has 0 aliphatic heterocycles. The second kappa shape index (κ2) is 3.95. The Morgan fingerprint density at radius 3 is 2.90 bits per heavy atom. The van der Waals surface area contributed by atoms with Gasteiger partial charge in [0.05, 0.1) is 15.5 Å². The Labute approximate surface area is 72.8 Å². The van der Waals surface area contributed by atoms with E-state index in [1.807, 2.05) is 19.2 Å². The molecule has 1 rings (SSSR count). The number of anilines is 1. The van der Waals surface area contributed by atoms with Crippen molar-refractivity contribution in [2.24, 2.45) is 0 Å². The number of hydrogen-bond donors (Lipinski definition) is 2. The van der Waals surface area contributed by atoms with E-state index in [1.54, 1.807) is 11.3 Å². The van der Waals surface area contributed by atoms with Crippen LogP contribution in [-0.4, -0.2) is 13.7 Å². The van der Waals surface area contributed by atoms with E-state index in [0.29, 0.717) is 0 Å². The third-order valence-electron chi connectivity index (χ3n) is 1.01. The van der Waals surface area contributed by atoms with E-state index in [-0.39, 0.29) is 0 Å². The first-order chi connectivity index (χ1) is 4.83. The average Bonchev–Trinajstić information content (AvgIpc) is 2.31. The lowest BCUT2D eigenvalue weighted by Crippen LogP contribution is -2.15. The molecule has 0 aliphatic rings. The monoisotopic (exact) mass is 220 g/mol. The number of rotatable bonds is 3. The molecule has 0 aromatic carbocycles. The van der Waals surface area contributed by atoms with Crippen LogP contribution in [0.4, 0.5) is 5.00 Å². The Bertz CT molecular complexity index is 199. The lowest BCUT2D eigenvalue weighted by Gasteiger charge is -1.99. The molecule has 1 aromatic rings. The number of halogens is 1. The number of nitrogens with one attached hydrogen (secondary N) is 2. The van der Waals surface area contributed by atoms with E-state index in [9.17, 15) is 0 Å². The molecule has 1 heterocycles. The molecule has 0 saturated heterocycles. The van der Waals surface area contributed by atoms with Crippen LogP contribution in [0.25, 0.3) is 0 Å². The summed E-state index contributed by atoms with van der Waals surface area (Å²) in [7, 11) is 1.91. The molecular weight excluding hydrogens is 212 g/mol. The van der Waals surface area contributed by atoms with Gasteiger partial charge in [0.2, 0.25) is 0 Å². The van der Waals surface area contributed by atoms with Crippen LogP contribution in [0.15, 0.2) is 15.9 Å². The summed E-state index contributed by atoms with van der Waals surface area (Å²) in [5.41, 5.74) is 0. The van der Waals surface area contributed by atoms with Gasteiger partial charge in [-0.05, 0) is 35.1 Å². The van der Waals surface area contributed by atoms with Crippen LogP contribution in [0.5, 0.6) is 0 Å². The lowest BCUT2D eigenvalue weighted by molar-refractivity contribution is 0.877. The Balaban J connectivity index is 2.42. The number of hydrogen-bond acceptors (Lipinski definition) is 3. The van der Waals surface area contributed by atoms with Crippen molar-refractivity contribution in [2.75, 3.05) is 19.0 Å². The van der Waals surface area contributed by atoms with Crippen molar-refractivity contribution in [3.8, 4) is 0 Å². The Hall–Kier alpha value is -0.0600. The van der Waals surface area contributed by atoms with Crippen molar-refractivity contribution < 1.29 is 0 Å². The van der Waals surface area contributed by atoms with E-state index >= 15 is 0 Å². The van der Waals surface area contributed by atoms with Crippen LogP contribution < -0.4 is 10.6 Å². The molecule has 0 saturated carbocycles. The van der Waals surface area contributed by atoms with Crippen LogP contribution in [-0.2, 0) is 0 Å². The van der Waals surface area contributed by atoms with Crippen LogP contribution in [0.2, 0.25) is 0 Å². The van der Waals surface area contributed by atoms with Gasteiger partial charge in [-0.3, -0.25) is 0 Å². The summed E-state index contributed by atoms with van der Waals surface area (Å²) in [6.45, 7) is 0.812. The Morgan fingerprint density at radius 2 is 2.40 bits per heavy atom. The van der Waals surface area contributed by atoms with Gasteiger partial charge in [-0.2, -0.15) is 0 Å². The molecule has 2 nitrogen and oxygen atoms in total. The van der Waals surface area contributed by atoms with Crippen molar-refractivity contribution in [3.63, 3.8) is 0 Å². The summed E-state index contributed by atoms with van der Waals surface area (Å²) in [4.78, 5) is 0. The highest BCUT2D eigenvalue weighted by Gasteiger charge is 1.93. The largest absolute Gasteiger partial charge is 0.364 e. The van der Waals surface area contributed by atoms with Gasteiger partial charge in [0.25, 0.3) is 0 Å². The molecule has 0 fully saturated rings. The maximum Gasteiger partial charge on any atom is 0.0904 e. The van der Waals surface area contributed by atoms with Gasteiger partial charge in [0, 0.05) is 0 Å². The van der Waals surface area contributed by atoms with Crippen LogP contribution in [0, 0.1) is 0 Å². The maximum absolute atomic E-state index is 3.38. The van der Waals surface area contributed by atoms with Gasteiger partial charge < -0.3 is 10.6 Å². The summed E-state index contributed by atoms with van der Waals surface area (Å²) in [5.74, 6) is 0. The van der Waals surface area contributed by atoms with Crippen LogP contribution in [0.3, 0.4) is 0 Å². The fourth-order valence-electron chi connectivity index (χ4n) is 0.585. The normalized spacial score (nSPS) is 9.80. The molecule has 2 N–H and O–H groups in total. The fourth-order valence-corrected chi connectivity index (χ4v) is 1.87. The molecule has 10 heavy (non-hydrogen) atoms. The third-order valence-corrected chi connectivity index (χ3v) is 2.59. The van der Waals surface area contributed by atoms with Crippen molar-refractivity contribution in [2.45, 2.75) is 0 Å². The molecule has 0 atom stereocenters. The SMILES string of the molecule is CNCNc1ccc(Br)s1. The van der Waals surface area contributed by atoms with Gasteiger partial charge in [0.15, 0.2) is 0 Å². The lowest BCUT2D eigenvalue weighted by atomic mass is 10.6. The molecular formula is C6H9BrN2S. The number of thiophene rings is 1. The molecule has 0 bridgehead atoms. The predicted octanol–water partition coefficient (Wildman–Crippen LogP) is 2.10. The van der Waals surface area contributed by atoms with Crippen LogP contribution >= 0.6 is 27.3 Å². The quantitative estimate of drug-likeness (QED) is 0.764. The van der Waals surface area contributed by atoms with E-state index < -0.39 is 0 Å². The molecule has 1 aromatic heterocycles. The molecule has 0 unspecified atom stereocenters. The fraction of sp³-hybridized carbons (Fsp3) is 0.333. The minimum absolute atomic E-state index is 0.812. The van der Waals surface area contributed by atoms with Crippen molar-refractivity contribution >= 4 is 32.3 Å². The smallest absolute Gasteiger partial charge is 0.0904 e. The summed E-state index contributed by atoms with van der Waals surface area (Å²) in [5, 5.41) is 7.38. The standard InChI is InChI=1S/C6H9BrN2S/c1-8-4-9-6-3-2-5(7)10-6/h2-3,8-9H,4H2,1H3. The maximum atomic E-state index is 3.38. The first-order valence-electron chi connectivity index (χ1n) is 2.97. The van der Waals surface area contributed by atoms with E-state index in [2.05, 4.69) is 26.6 Å². The third kappa shape index (κ3) is 2.28. The highest BCUT2D eigenvalue weighted by molar-refractivity contribution is 9.11. The predicted molar refractivity (Wildman–Crippen MR) is 49.6 cm³/mol. The van der Waals surface area contributed by atoms with E-state index in [0.717, 1.165) is 10.5 Å². The van der Waals surface area contributed by atoms with Gasteiger partial charge in [0.1, 0.15) is 0 Å². The molecule has 0 radical (unpaired) electrons.